The van der Waals surface area contributed by atoms with E-state index in [-0.39, 0.29) is 5.66 Å². The van der Waals surface area contributed by atoms with Crippen LogP contribution >= 0.6 is 0 Å². The van der Waals surface area contributed by atoms with Crippen LogP contribution in [0.4, 0.5) is 11.4 Å². The summed E-state index contributed by atoms with van der Waals surface area (Å²) in [6, 6.07) is 6.68. The second-order valence-corrected chi connectivity index (χ2v) is 5.32. The van der Waals surface area contributed by atoms with Crippen LogP contribution in [0.5, 0.6) is 0 Å². The van der Waals surface area contributed by atoms with E-state index in [9.17, 15) is 0 Å². The number of rotatable bonds is 2. The zero-order valence-corrected chi connectivity index (χ0v) is 10.5. The van der Waals surface area contributed by atoms with Crippen LogP contribution in [0.3, 0.4) is 0 Å². The van der Waals surface area contributed by atoms with Crippen LogP contribution in [-0.4, -0.2) is 18.8 Å². The smallest absolute Gasteiger partial charge is 0.110 e. The summed E-state index contributed by atoms with van der Waals surface area (Å²) in [5, 5.41) is 3.76. The van der Waals surface area contributed by atoms with Crippen LogP contribution in [0.1, 0.15) is 31.2 Å². The highest BCUT2D eigenvalue weighted by atomic mass is 15.4. The first-order valence-corrected chi connectivity index (χ1v) is 6.62. The molecule has 2 aliphatic rings. The lowest BCUT2D eigenvalue weighted by Crippen LogP contribution is -2.50. The van der Waals surface area contributed by atoms with Gasteiger partial charge in [0, 0.05) is 13.1 Å². The van der Waals surface area contributed by atoms with E-state index in [1.807, 2.05) is 0 Å². The molecular formula is C14H21N3. The molecule has 0 atom stereocenters. The van der Waals surface area contributed by atoms with Gasteiger partial charge in [0.15, 0.2) is 0 Å². The summed E-state index contributed by atoms with van der Waals surface area (Å²) < 4.78 is 0. The van der Waals surface area contributed by atoms with E-state index in [1.54, 1.807) is 0 Å². The van der Waals surface area contributed by atoms with Crippen molar-refractivity contribution >= 4 is 11.4 Å². The van der Waals surface area contributed by atoms with Gasteiger partial charge in [-0.2, -0.15) is 0 Å². The molecule has 1 aliphatic carbocycles. The zero-order chi connectivity index (χ0) is 11.9. The highest BCUT2D eigenvalue weighted by Crippen LogP contribution is 2.47. The lowest BCUT2D eigenvalue weighted by molar-refractivity contribution is 0.467. The first kappa shape index (κ1) is 10.9. The number of hydrogen-bond donors (Lipinski definition) is 2. The van der Waals surface area contributed by atoms with Gasteiger partial charge in [-0.05, 0) is 50.3 Å². The first-order valence-electron chi connectivity index (χ1n) is 6.62. The number of nitrogens with one attached hydrogen (secondary N) is 1. The second-order valence-electron chi connectivity index (χ2n) is 5.32. The fraction of sp³-hybridized carbons (Fsp3) is 0.571. The summed E-state index contributed by atoms with van der Waals surface area (Å²) >= 11 is 0. The number of aryl methyl sites for hydroxylation is 1. The number of fused-ring (bicyclic) bond motifs is 1. The van der Waals surface area contributed by atoms with Gasteiger partial charge in [0.05, 0.1) is 11.4 Å². The van der Waals surface area contributed by atoms with Crippen molar-refractivity contribution in [2.45, 2.75) is 38.3 Å². The molecule has 0 radical (unpaired) electrons. The molecule has 0 aromatic heterocycles. The maximum absolute atomic E-state index is 5.78. The molecule has 0 amide bonds. The van der Waals surface area contributed by atoms with E-state index in [2.05, 4.69) is 35.3 Å². The molecule has 1 fully saturated rings. The predicted octanol–water partition coefficient (Wildman–Crippen LogP) is 2.46. The van der Waals surface area contributed by atoms with E-state index in [0.29, 0.717) is 0 Å². The van der Waals surface area contributed by atoms with Crippen molar-refractivity contribution in [1.82, 2.24) is 0 Å². The fourth-order valence-corrected chi connectivity index (χ4v) is 3.35. The minimum atomic E-state index is 0.162. The zero-order valence-electron chi connectivity index (χ0n) is 10.5. The Morgan fingerprint density at radius 1 is 1.35 bits per heavy atom. The molecule has 1 aliphatic heterocycles. The summed E-state index contributed by atoms with van der Waals surface area (Å²) in [6.45, 7) is 3.81. The average molecular weight is 231 g/mol. The van der Waals surface area contributed by atoms with E-state index in [1.165, 1.54) is 42.6 Å². The van der Waals surface area contributed by atoms with E-state index in [4.69, 9.17) is 5.73 Å². The van der Waals surface area contributed by atoms with Crippen molar-refractivity contribution in [3.63, 3.8) is 0 Å². The Labute approximate surface area is 103 Å². The molecule has 3 heteroatoms. The van der Waals surface area contributed by atoms with Crippen LogP contribution in [0, 0.1) is 6.92 Å². The molecule has 3 nitrogen and oxygen atoms in total. The molecule has 1 saturated carbocycles. The van der Waals surface area contributed by atoms with Gasteiger partial charge >= 0.3 is 0 Å². The van der Waals surface area contributed by atoms with E-state index < -0.39 is 0 Å². The van der Waals surface area contributed by atoms with Crippen molar-refractivity contribution < 1.29 is 0 Å². The Kier molecular flexibility index (Phi) is 2.51. The van der Waals surface area contributed by atoms with Crippen LogP contribution < -0.4 is 16.0 Å². The summed E-state index contributed by atoms with van der Waals surface area (Å²) in [6.07, 6.45) is 5.11. The lowest BCUT2D eigenvalue weighted by Gasteiger charge is -2.36. The summed E-state index contributed by atoms with van der Waals surface area (Å²) in [5.74, 6) is 0. The maximum atomic E-state index is 5.78. The Morgan fingerprint density at radius 2 is 2.12 bits per heavy atom. The van der Waals surface area contributed by atoms with Crippen molar-refractivity contribution in [1.29, 1.82) is 0 Å². The van der Waals surface area contributed by atoms with Gasteiger partial charge in [0.25, 0.3) is 0 Å². The Bertz CT molecular complexity index is 421. The molecule has 0 saturated heterocycles. The maximum Gasteiger partial charge on any atom is 0.110 e. The largest absolute Gasteiger partial charge is 0.361 e. The summed E-state index contributed by atoms with van der Waals surface area (Å²) in [7, 11) is 0. The molecule has 0 unspecified atom stereocenters. The molecule has 17 heavy (non-hydrogen) atoms. The highest BCUT2D eigenvalue weighted by Gasteiger charge is 2.44. The third-order valence-corrected chi connectivity index (χ3v) is 4.11. The monoisotopic (exact) mass is 231 g/mol. The first-order chi connectivity index (χ1) is 8.25. The third kappa shape index (κ3) is 1.61. The topological polar surface area (TPSA) is 41.3 Å². The molecule has 1 aromatic carbocycles. The van der Waals surface area contributed by atoms with Crippen molar-refractivity contribution in [3.05, 3.63) is 23.8 Å². The van der Waals surface area contributed by atoms with Crippen molar-refractivity contribution in [3.8, 4) is 0 Å². The van der Waals surface area contributed by atoms with Gasteiger partial charge < -0.3 is 16.0 Å². The van der Waals surface area contributed by atoms with E-state index >= 15 is 0 Å². The quantitative estimate of drug-likeness (QED) is 0.821. The van der Waals surface area contributed by atoms with Crippen molar-refractivity contribution in [2.75, 3.05) is 23.3 Å². The highest BCUT2D eigenvalue weighted by molar-refractivity contribution is 5.78. The number of anilines is 2. The molecule has 1 aromatic rings. The van der Waals surface area contributed by atoms with Gasteiger partial charge in [0.2, 0.25) is 0 Å². The Morgan fingerprint density at radius 3 is 2.82 bits per heavy atom. The molecule has 1 spiro atoms. The number of hydrogen-bond acceptors (Lipinski definition) is 3. The average Bonchev–Trinajstić information content (AvgIpc) is 2.87. The number of nitrogens with zero attached hydrogens (tertiary/aromatic N) is 1. The third-order valence-electron chi connectivity index (χ3n) is 4.11. The van der Waals surface area contributed by atoms with Gasteiger partial charge in [0.1, 0.15) is 5.66 Å². The molecule has 92 valence electrons. The fourth-order valence-electron chi connectivity index (χ4n) is 3.35. The Balaban J connectivity index is 2.01. The van der Waals surface area contributed by atoms with Crippen LogP contribution in [0.2, 0.25) is 0 Å². The number of benzene rings is 1. The minimum absolute atomic E-state index is 0.162. The summed E-state index contributed by atoms with van der Waals surface area (Å²) in [4.78, 5) is 2.49. The number of nitrogens with two attached hydrogens (primary N) is 1. The van der Waals surface area contributed by atoms with Gasteiger partial charge in [-0.1, -0.05) is 6.07 Å². The molecule has 3 rings (SSSR count). The minimum Gasteiger partial charge on any atom is -0.361 e. The predicted molar refractivity (Wildman–Crippen MR) is 72.4 cm³/mol. The normalized spacial score (nSPS) is 20.7. The Hall–Kier alpha value is -1.22. The molecule has 0 bridgehead atoms. The standard InChI is InChI=1S/C14H21N3/c1-11-4-5-13-12(10-11)16-14(6-2-3-7-14)17(13)9-8-15/h4-5,10,16H,2-3,6-9,15H2,1H3. The van der Waals surface area contributed by atoms with E-state index in [0.717, 1.165) is 13.1 Å². The SMILES string of the molecule is Cc1ccc2c(c1)NC1(CCCC1)N2CCN. The lowest BCUT2D eigenvalue weighted by atomic mass is 10.1. The van der Waals surface area contributed by atoms with Crippen LogP contribution in [0.15, 0.2) is 18.2 Å². The summed E-state index contributed by atoms with van der Waals surface area (Å²) in [5.41, 5.74) is 9.89. The molecule has 3 N–H and O–H groups in total. The molecule has 1 heterocycles. The van der Waals surface area contributed by atoms with Gasteiger partial charge in [-0.25, -0.2) is 0 Å². The second kappa shape index (κ2) is 3.91. The van der Waals surface area contributed by atoms with Gasteiger partial charge in [-0.15, -0.1) is 0 Å². The van der Waals surface area contributed by atoms with Crippen LogP contribution in [0.25, 0.3) is 0 Å². The molecular weight excluding hydrogens is 210 g/mol. The van der Waals surface area contributed by atoms with Crippen molar-refractivity contribution in [2.24, 2.45) is 5.73 Å². The van der Waals surface area contributed by atoms with Gasteiger partial charge in [-0.3, -0.25) is 0 Å². The van der Waals surface area contributed by atoms with Crippen LogP contribution in [-0.2, 0) is 0 Å².